The van der Waals surface area contributed by atoms with E-state index in [2.05, 4.69) is 19.2 Å². The first-order valence-corrected chi connectivity index (χ1v) is 7.47. The number of ether oxygens (including phenoxy) is 1. The number of hydrogen-bond donors (Lipinski definition) is 2. The number of nitrogens with one attached hydrogen (secondary N) is 1. The van der Waals surface area contributed by atoms with Crippen molar-refractivity contribution in [1.29, 1.82) is 0 Å². The van der Waals surface area contributed by atoms with Crippen LogP contribution in [0.4, 0.5) is 4.79 Å². The first-order chi connectivity index (χ1) is 9.08. The highest BCUT2D eigenvalue weighted by molar-refractivity contribution is 5.68. The molecule has 0 spiro atoms. The van der Waals surface area contributed by atoms with Crippen molar-refractivity contribution >= 4 is 6.09 Å². The molecule has 2 unspecified atom stereocenters. The predicted molar refractivity (Wildman–Crippen MR) is 79.7 cm³/mol. The average Bonchev–Trinajstić information content (AvgIpc) is 2.30. The zero-order valence-electron chi connectivity index (χ0n) is 13.7. The number of carbonyl (C=O) groups excluding carboxylic acids is 1. The first kappa shape index (κ1) is 17.2. The Hall–Kier alpha value is -0.810. The van der Waals surface area contributed by atoms with E-state index >= 15 is 0 Å². The Kier molecular flexibility index (Phi) is 5.44. The molecule has 5 nitrogen and oxygen atoms in total. The van der Waals surface area contributed by atoms with Crippen LogP contribution in [0.15, 0.2) is 0 Å². The molecule has 0 heterocycles. The molecule has 0 aromatic rings. The van der Waals surface area contributed by atoms with E-state index in [1.807, 2.05) is 27.7 Å². The molecular formula is C15H30N2O3. The van der Waals surface area contributed by atoms with Gasteiger partial charge in [-0.2, -0.15) is 0 Å². The van der Waals surface area contributed by atoms with Crippen LogP contribution in [0.3, 0.4) is 0 Å². The minimum Gasteiger partial charge on any atom is -0.444 e. The van der Waals surface area contributed by atoms with Gasteiger partial charge in [0.1, 0.15) is 5.60 Å². The first-order valence-electron chi connectivity index (χ1n) is 7.47. The van der Waals surface area contributed by atoms with Crippen molar-refractivity contribution in [2.75, 3.05) is 19.6 Å². The number of amides is 1. The Balaban J connectivity index is 2.34. The number of rotatable bonds is 5. The summed E-state index contributed by atoms with van der Waals surface area (Å²) in [6, 6.07) is 0.315. The fraction of sp³-hybridized carbons (Fsp3) is 0.933. The quantitative estimate of drug-likeness (QED) is 0.811. The molecule has 0 aromatic heterocycles. The van der Waals surface area contributed by atoms with E-state index in [1.165, 1.54) is 0 Å². The van der Waals surface area contributed by atoms with E-state index in [0.717, 1.165) is 6.42 Å². The fourth-order valence-electron chi connectivity index (χ4n) is 2.33. The van der Waals surface area contributed by atoms with Gasteiger partial charge in [0.15, 0.2) is 0 Å². The molecule has 2 N–H and O–H groups in total. The van der Waals surface area contributed by atoms with Gasteiger partial charge in [-0.25, -0.2) is 4.79 Å². The normalized spacial score (nSPS) is 24.9. The molecule has 1 fully saturated rings. The van der Waals surface area contributed by atoms with E-state index in [-0.39, 0.29) is 17.6 Å². The third-order valence-electron chi connectivity index (χ3n) is 4.02. The lowest BCUT2D eigenvalue weighted by molar-refractivity contribution is -0.0726. The zero-order chi connectivity index (χ0) is 15.6. The van der Waals surface area contributed by atoms with E-state index in [0.29, 0.717) is 25.7 Å². The second-order valence-electron chi connectivity index (χ2n) is 7.14. The highest BCUT2D eigenvalue weighted by atomic mass is 16.6. The van der Waals surface area contributed by atoms with Gasteiger partial charge < -0.3 is 20.1 Å². The molecule has 0 radical (unpaired) electrons. The molecule has 2 atom stereocenters. The van der Waals surface area contributed by atoms with Crippen LogP contribution in [0.25, 0.3) is 0 Å². The van der Waals surface area contributed by atoms with Gasteiger partial charge in [-0.1, -0.05) is 13.8 Å². The number of likely N-dealkylation sites (N-methyl/N-ethyl adjacent to an activating group) is 1. The van der Waals surface area contributed by atoms with E-state index in [4.69, 9.17) is 4.74 Å². The minimum atomic E-state index is -0.460. The van der Waals surface area contributed by atoms with E-state index in [9.17, 15) is 9.90 Å². The van der Waals surface area contributed by atoms with Gasteiger partial charge in [0.25, 0.3) is 0 Å². The molecule has 118 valence electrons. The van der Waals surface area contributed by atoms with Crippen molar-refractivity contribution in [2.45, 2.75) is 65.7 Å². The highest BCUT2D eigenvalue weighted by Crippen LogP contribution is 2.40. The average molecular weight is 286 g/mol. The number of aliphatic hydroxyl groups is 1. The lowest BCUT2D eigenvalue weighted by Crippen LogP contribution is -2.60. The smallest absolute Gasteiger partial charge is 0.410 e. The molecule has 0 aromatic carbocycles. The standard InChI is InChI=1S/C15H30N2O3/c1-7-17(13(19)20-14(2,3)4)9-8-16-11-10-12(18)15(11,5)6/h11-12,16,18H,7-10H2,1-6H3. The third-order valence-corrected chi connectivity index (χ3v) is 4.02. The molecule has 1 saturated carbocycles. The van der Waals surface area contributed by atoms with Gasteiger partial charge in [-0.05, 0) is 34.1 Å². The predicted octanol–water partition coefficient (Wildman–Crippen LogP) is 1.99. The Morgan fingerprint density at radius 1 is 1.45 bits per heavy atom. The van der Waals surface area contributed by atoms with Gasteiger partial charge in [0, 0.05) is 31.1 Å². The highest BCUT2D eigenvalue weighted by Gasteiger charge is 2.46. The van der Waals surface area contributed by atoms with Gasteiger partial charge in [-0.15, -0.1) is 0 Å². The molecule has 1 aliphatic rings. The van der Waals surface area contributed by atoms with Crippen molar-refractivity contribution in [3.63, 3.8) is 0 Å². The summed E-state index contributed by atoms with van der Waals surface area (Å²) in [5, 5.41) is 13.1. The zero-order valence-corrected chi connectivity index (χ0v) is 13.7. The third kappa shape index (κ3) is 4.35. The van der Waals surface area contributed by atoms with Crippen molar-refractivity contribution in [3.8, 4) is 0 Å². The van der Waals surface area contributed by atoms with Crippen molar-refractivity contribution in [3.05, 3.63) is 0 Å². The summed E-state index contributed by atoms with van der Waals surface area (Å²) in [5.41, 5.74) is -0.541. The molecule has 1 amide bonds. The number of aliphatic hydroxyl groups excluding tert-OH is 1. The summed E-state index contributed by atoms with van der Waals surface area (Å²) >= 11 is 0. The maximum Gasteiger partial charge on any atom is 0.410 e. The number of nitrogens with zero attached hydrogens (tertiary/aromatic N) is 1. The van der Waals surface area contributed by atoms with Crippen molar-refractivity contribution in [1.82, 2.24) is 10.2 Å². The molecule has 0 aliphatic heterocycles. The maximum atomic E-state index is 12.0. The summed E-state index contributed by atoms with van der Waals surface area (Å²) in [7, 11) is 0. The molecule has 20 heavy (non-hydrogen) atoms. The van der Waals surface area contributed by atoms with Crippen LogP contribution < -0.4 is 5.32 Å². The molecule has 5 heteroatoms. The lowest BCUT2D eigenvalue weighted by Gasteiger charge is -2.49. The SMILES string of the molecule is CCN(CCNC1CC(O)C1(C)C)C(=O)OC(C)(C)C. The van der Waals surface area contributed by atoms with Crippen molar-refractivity contribution < 1.29 is 14.6 Å². The summed E-state index contributed by atoms with van der Waals surface area (Å²) in [5.74, 6) is 0. The van der Waals surface area contributed by atoms with Crippen LogP contribution in [0.2, 0.25) is 0 Å². The van der Waals surface area contributed by atoms with E-state index in [1.54, 1.807) is 4.90 Å². The van der Waals surface area contributed by atoms with Gasteiger partial charge >= 0.3 is 6.09 Å². The van der Waals surface area contributed by atoms with Crippen LogP contribution in [0, 0.1) is 5.41 Å². The summed E-state index contributed by atoms with van der Waals surface area (Å²) in [6.45, 7) is 13.6. The lowest BCUT2D eigenvalue weighted by atomic mass is 9.64. The van der Waals surface area contributed by atoms with E-state index < -0.39 is 5.60 Å². The topological polar surface area (TPSA) is 61.8 Å². The Morgan fingerprint density at radius 2 is 2.05 bits per heavy atom. The van der Waals surface area contributed by atoms with Gasteiger partial charge in [-0.3, -0.25) is 0 Å². The van der Waals surface area contributed by atoms with Gasteiger partial charge in [0.05, 0.1) is 6.10 Å². The van der Waals surface area contributed by atoms with Crippen LogP contribution >= 0.6 is 0 Å². The minimum absolute atomic E-state index is 0.0804. The second kappa shape index (κ2) is 6.31. The van der Waals surface area contributed by atoms with Crippen LogP contribution in [-0.4, -0.2) is 53.5 Å². The summed E-state index contributed by atoms with van der Waals surface area (Å²) < 4.78 is 5.37. The fourth-order valence-corrected chi connectivity index (χ4v) is 2.33. The van der Waals surface area contributed by atoms with Crippen LogP contribution in [-0.2, 0) is 4.74 Å². The number of hydrogen-bond acceptors (Lipinski definition) is 4. The molecule has 1 rings (SSSR count). The van der Waals surface area contributed by atoms with Crippen molar-refractivity contribution in [2.24, 2.45) is 5.41 Å². The second-order valence-corrected chi connectivity index (χ2v) is 7.14. The summed E-state index contributed by atoms with van der Waals surface area (Å²) in [4.78, 5) is 13.7. The molecular weight excluding hydrogens is 256 g/mol. The van der Waals surface area contributed by atoms with Crippen LogP contribution in [0.5, 0.6) is 0 Å². The Bertz CT molecular complexity index is 337. The molecule has 1 aliphatic carbocycles. The Labute approximate surface area is 122 Å². The summed E-state index contributed by atoms with van der Waals surface area (Å²) in [6.07, 6.45) is 0.286. The maximum absolute atomic E-state index is 12.0. The van der Waals surface area contributed by atoms with Gasteiger partial charge in [0.2, 0.25) is 0 Å². The molecule has 0 saturated heterocycles. The monoisotopic (exact) mass is 286 g/mol. The molecule has 0 bridgehead atoms. The van der Waals surface area contributed by atoms with Crippen LogP contribution in [0.1, 0.15) is 48.0 Å². The Morgan fingerprint density at radius 3 is 2.45 bits per heavy atom. The number of carbonyl (C=O) groups is 1. The largest absolute Gasteiger partial charge is 0.444 e.